The summed E-state index contributed by atoms with van der Waals surface area (Å²) in [6.45, 7) is 5.91. The number of anilines is 1. The lowest BCUT2D eigenvalue weighted by Crippen LogP contribution is -2.33. The van der Waals surface area contributed by atoms with Crippen LogP contribution in [0.4, 0.5) is 5.69 Å². The highest BCUT2D eigenvalue weighted by atomic mass is 35.5. The SMILES string of the molecule is CC(C)CC(C)NS(=O)(=O)c1cc(N)ccc1Cl. The molecule has 0 saturated heterocycles. The minimum atomic E-state index is -3.62. The smallest absolute Gasteiger partial charge is 0.242 e. The van der Waals surface area contributed by atoms with Crippen LogP contribution in [0.25, 0.3) is 0 Å². The van der Waals surface area contributed by atoms with Crippen molar-refractivity contribution in [2.45, 2.75) is 38.1 Å². The van der Waals surface area contributed by atoms with Gasteiger partial charge in [0.25, 0.3) is 0 Å². The van der Waals surface area contributed by atoms with Crippen molar-refractivity contribution in [2.75, 3.05) is 5.73 Å². The number of nitrogen functional groups attached to an aromatic ring is 1. The van der Waals surface area contributed by atoms with Crippen LogP contribution in [0.5, 0.6) is 0 Å². The van der Waals surface area contributed by atoms with Crippen LogP contribution < -0.4 is 10.5 Å². The van der Waals surface area contributed by atoms with Gasteiger partial charge in [0.05, 0.1) is 5.02 Å². The number of sulfonamides is 1. The Kier molecular flexibility index (Phi) is 5.01. The monoisotopic (exact) mass is 290 g/mol. The van der Waals surface area contributed by atoms with Gasteiger partial charge in [0, 0.05) is 11.7 Å². The van der Waals surface area contributed by atoms with Crippen LogP contribution in [-0.4, -0.2) is 14.5 Å². The molecule has 0 aliphatic rings. The van der Waals surface area contributed by atoms with Crippen LogP contribution in [0, 0.1) is 5.92 Å². The van der Waals surface area contributed by atoms with Crippen molar-refractivity contribution < 1.29 is 8.42 Å². The second kappa shape index (κ2) is 5.91. The van der Waals surface area contributed by atoms with E-state index in [1.54, 1.807) is 6.07 Å². The number of nitrogens with two attached hydrogens (primary N) is 1. The Morgan fingerprint density at radius 3 is 2.50 bits per heavy atom. The van der Waals surface area contributed by atoms with Crippen LogP contribution in [-0.2, 0) is 10.0 Å². The van der Waals surface area contributed by atoms with E-state index in [1.807, 2.05) is 20.8 Å². The highest BCUT2D eigenvalue weighted by molar-refractivity contribution is 7.89. The van der Waals surface area contributed by atoms with Crippen molar-refractivity contribution in [2.24, 2.45) is 5.92 Å². The van der Waals surface area contributed by atoms with Gasteiger partial charge in [-0.2, -0.15) is 0 Å². The van der Waals surface area contributed by atoms with Gasteiger partial charge in [0.2, 0.25) is 10.0 Å². The summed E-state index contributed by atoms with van der Waals surface area (Å²) in [5, 5.41) is 0.174. The molecule has 1 aromatic rings. The molecule has 0 fully saturated rings. The van der Waals surface area contributed by atoms with E-state index in [1.165, 1.54) is 12.1 Å². The zero-order valence-corrected chi connectivity index (χ0v) is 12.3. The molecule has 1 aromatic carbocycles. The predicted octanol–water partition coefficient (Wildman–Crippen LogP) is 2.64. The number of hydrogen-bond acceptors (Lipinski definition) is 3. The van der Waals surface area contributed by atoms with Crippen LogP contribution in [0.2, 0.25) is 5.02 Å². The highest BCUT2D eigenvalue weighted by Crippen LogP contribution is 2.24. The fraction of sp³-hybridized carbons (Fsp3) is 0.500. The molecular weight excluding hydrogens is 272 g/mol. The Hall–Kier alpha value is -0.780. The zero-order valence-electron chi connectivity index (χ0n) is 10.8. The van der Waals surface area contributed by atoms with E-state index in [4.69, 9.17) is 17.3 Å². The Bertz CT molecular complexity index is 515. The number of halogens is 1. The topological polar surface area (TPSA) is 72.2 Å². The van der Waals surface area contributed by atoms with E-state index in [-0.39, 0.29) is 16.0 Å². The summed E-state index contributed by atoms with van der Waals surface area (Å²) in [5.41, 5.74) is 5.96. The Labute approximate surface area is 114 Å². The average Bonchev–Trinajstić information content (AvgIpc) is 2.19. The van der Waals surface area contributed by atoms with Gasteiger partial charge >= 0.3 is 0 Å². The minimum absolute atomic E-state index is 0.0276. The molecule has 1 atom stereocenters. The number of benzene rings is 1. The maximum absolute atomic E-state index is 12.1. The molecule has 3 N–H and O–H groups in total. The number of nitrogens with one attached hydrogen (secondary N) is 1. The van der Waals surface area contributed by atoms with Crippen LogP contribution in [0.1, 0.15) is 27.2 Å². The van der Waals surface area contributed by atoms with E-state index in [0.29, 0.717) is 11.6 Å². The van der Waals surface area contributed by atoms with E-state index < -0.39 is 10.0 Å². The molecule has 0 saturated carbocycles. The molecule has 0 bridgehead atoms. The quantitative estimate of drug-likeness (QED) is 0.819. The third-order valence-electron chi connectivity index (χ3n) is 2.43. The van der Waals surface area contributed by atoms with Crippen molar-refractivity contribution in [3.05, 3.63) is 23.2 Å². The lowest BCUT2D eigenvalue weighted by atomic mass is 10.1. The molecule has 102 valence electrons. The molecule has 0 aliphatic heterocycles. The molecule has 4 nitrogen and oxygen atoms in total. The second-order valence-corrected chi connectivity index (χ2v) is 6.93. The first kappa shape index (κ1) is 15.3. The molecular formula is C12H19ClN2O2S. The van der Waals surface area contributed by atoms with E-state index >= 15 is 0 Å². The Morgan fingerprint density at radius 2 is 1.94 bits per heavy atom. The Balaban J connectivity index is 2.96. The summed E-state index contributed by atoms with van der Waals surface area (Å²) in [5.74, 6) is 0.416. The van der Waals surface area contributed by atoms with Gasteiger partial charge in [-0.15, -0.1) is 0 Å². The van der Waals surface area contributed by atoms with E-state index in [9.17, 15) is 8.42 Å². The summed E-state index contributed by atoms with van der Waals surface area (Å²) in [7, 11) is -3.62. The fourth-order valence-electron chi connectivity index (χ4n) is 1.81. The fourth-order valence-corrected chi connectivity index (χ4v) is 3.60. The Morgan fingerprint density at radius 1 is 1.33 bits per heavy atom. The normalized spacial score (nSPS) is 13.8. The summed E-state index contributed by atoms with van der Waals surface area (Å²) >= 11 is 5.90. The molecule has 6 heteroatoms. The van der Waals surface area contributed by atoms with Crippen molar-refractivity contribution in [1.82, 2.24) is 4.72 Å². The molecule has 0 amide bonds. The molecule has 0 heterocycles. The summed E-state index contributed by atoms with van der Waals surface area (Å²) in [6.07, 6.45) is 0.763. The van der Waals surface area contributed by atoms with Gasteiger partial charge in [-0.3, -0.25) is 0 Å². The van der Waals surface area contributed by atoms with Gasteiger partial charge in [-0.1, -0.05) is 25.4 Å². The lowest BCUT2D eigenvalue weighted by Gasteiger charge is -2.16. The molecule has 18 heavy (non-hydrogen) atoms. The van der Waals surface area contributed by atoms with E-state index in [2.05, 4.69) is 4.72 Å². The molecule has 1 unspecified atom stereocenters. The van der Waals surface area contributed by atoms with Gasteiger partial charge in [-0.25, -0.2) is 13.1 Å². The summed E-state index contributed by atoms with van der Waals surface area (Å²) in [6, 6.07) is 4.28. The zero-order chi connectivity index (χ0) is 13.9. The molecule has 0 aromatic heterocycles. The molecule has 1 rings (SSSR count). The maximum atomic E-state index is 12.1. The van der Waals surface area contributed by atoms with Crippen LogP contribution in [0.15, 0.2) is 23.1 Å². The van der Waals surface area contributed by atoms with Crippen LogP contribution in [0.3, 0.4) is 0 Å². The second-order valence-electron chi connectivity index (χ2n) is 4.84. The first-order valence-corrected chi connectivity index (χ1v) is 7.66. The van der Waals surface area contributed by atoms with Crippen molar-refractivity contribution in [1.29, 1.82) is 0 Å². The van der Waals surface area contributed by atoms with E-state index in [0.717, 1.165) is 6.42 Å². The average molecular weight is 291 g/mol. The maximum Gasteiger partial charge on any atom is 0.242 e. The van der Waals surface area contributed by atoms with Crippen molar-refractivity contribution in [3.63, 3.8) is 0 Å². The summed E-state index contributed by atoms with van der Waals surface area (Å²) in [4.78, 5) is 0.0276. The molecule has 0 spiro atoms. The lowest BCUT2D eigenvalue weighted by molar-refractivity contribution is 0.482. The third-order valence-corrected chi connectivity index (χ3v) is 4.50. The molecule has 0 aliphatic carbocycles. The minimum Gasteiger partial charge on any atom is -0.399 e. The number of hydrogen-bond donors (Lipinski definition) is 2. The first-order chi connectivity index (χ1) is 8.22. The summed E-state index contributed by atoms with van der Waals surface area (Å²) < 4.78 is 26.9. The van der Waals surface area contributed by atoms with Crippen LogP contribution >= 0.6 is 11.6 Å². The van der Waals surface area contributed by atoms with Gasteiger partial charge in [-0.05, 0) is 37.5 Å². The highest BCUT2D eigenvalue weighted by Gasteiger charge is 2.21. The largest absolute Gasteiger partial charge is 0.399 e. The van der Waals surface area contributed by atoms with Crippen molar-refractivity contribution in [3.8, 4) is 0 Å². The first-order valence-electron chi connectivity index (χ1n) is 5.79. The predicted molar refractivity (Wildman–Crippen MR) is 75.1 cm³/mol. The standard InChI is InChI=1S/C12H19ClN2O2S/c1-8(2)6-9(3)15-18(16,17)12-7-10(14)4-5-11(12)13/h4-5,7-9,15H,6,14H2,1-3H3. The number of rotatable bonds is 5. The van der Waals surface area contributed by atoms with Gasteiger partial charge in [0.1, 0.15) is 4.90 Å². The third kappa shape index (κ3) is 4.15. The van der Waals surface area contributed by atoms with Gasteiger partial charge in [0.15, 0.2) is 0 Å². The van der Waals surface area contributed by atoms with Gasteiger partial charge < -0.3 is 5.73 Å². The molecule has 0 radical (unpaired) electrons. The van der Waals surface area contributed by atoms with Crippen molar-refractivity contribution >= 4 is 27.3 Å².